The molecule has 0 fully saturated rings. The average molecular weight is 226 g/mol. The Labute approximate surface area is 77.6 Å². The summed E-state index contributed by atoms with van der Waals surface area (Å²) in [6.45, 7) is 0. The Balaban J connectivity index is 3.41. The maximum Gasteiger partial charge on any atom is 0.432 e. The summed E-state index contributed by atoms with van der Waals surface area (Å²) in [6, 6.07) is 4.63. The van der Waals surface area contributed by atoms with Crippen LogP contribution >= 0.6 is 0 Å². The smallest absolute Gasteiger partial charge is 0.432 e. The number of hydrogen-bond acceptors (Lipinski definition) is 3. The van der Waals surface area contributed by atoms with Crippen molar-refractivity contribution in [3.05, 3.63) is 30.3 Å². The van der Waals surface area contributed by atoms with Crippen molar-refractivity contribution < 1.29 is 26.5 Å². The Morgan fingerprint density at radius 3 is 1.86 bits per heavy atom. The zero-order chi connectivity index (χ0) is 11.1. The topological polar surface area (TPSA) is 63.2 Å². The van der Waals surface area contributed by atoms with Gasteiger partial charge in [-0.15, -0.1) is 9.63 Å². The molecule has 1 rings (SSSR count). The molecule has 0 aliphatic carbocycles. The summed E-state index contributed by atoms with van der Waals surface area (Å²) in [4.78, 5) is -1.28. The van der Waals surface area contributed by atoms with Crippen LogP contribution in [0.1, 0.15) is 0 Å². The highest BCUT2D eigenvalue weighted by atomic mass is 32.3. The molecule has 0 saturated carbocycles. The molecule has 1 aromatic rings. The van der Waals surface area contributed by atoms with Crippen molar-refractivity contribution >= 4 is 9.63 Å². The maximum atomic E-state index is 12.0. The van der Waals surface area contributed by atoms with Crippen LogP contribution in [0.5, 0.6) is 0 Å². The molecule has 0 heterocycles. The lowest BCUT2D eigenvalue weighted by atomic mass is 10.4. The Kier molecular flexibility index (Phi) is 2.22. The van der Waals surface area contributed by atoms with Crippen molar-refractivity contribution in [2.45, 2.75) is 10.4 Å². The summed E-state index contributed by atoms with van der Waals surface area (Å²) < 4.78 is 68.4. The van der Waals surface area contributed by atoms with Gasteiger partial charge in [0, 0.05) is 4.90 Å². The molecule has 7 heteroatoms. The fourth-order valence-corrected chi connectivity index (χ4v) is 1.68. The van der Waals surface area contributed by atoms with E-state index in [-0.39, 0.29) is 0 Å². The van der Waals surface area contributed by atoms with Gasteiger partial charge >= 0.3 is 5.51 Å². The lowest BCUT2D eigenvalue weighted by molar-refractivity contribution is -0.0668. The van der Waals surface area contributed by atoms with Crippen molar-refractivity contribution in [3.8, 4) is 0 Å². The Morgan fingerprint density at radius 2 is 1.50 bits per heavy atom. The quantitative estimate of drug-likeness (QED) is 0.731. The van der Waals surface area contributed by atoms with Gasteiger partial charge in [-0.3, -0.25) is 4.21 Å². The molecule has 80 valence electrons. The lowest BCUT2D eigenvalue weighted by Crippen LogP contribution is -2.47. The maximum absolute atomic E-state index is 12.0. The molecule has 0 bridgehead atoms. The number of sulfone groups is 3. The standard InChI is InChI=1S/C7H7F3O3S/c8-7(9,10)14(11,12,13)6-4-2-1-3-5-6/h1-5H,(H2,11,12,13)/p-2. The lowest BCUT2D eigenvalue weighted by Gasteiger charge is -2.55. The summed E-state index contributed by atoms with van der Waals surface area (Å²) in [5, 5.41) is 0. The van der Waals surface area contributed by atoms with Crippen molar-refractivity contribution in [2.24, 2.45) is 0 Å². The first-order valence-corrected chi connectivity index (χ1v) is 5.20. The van der Waals surface area contributed by atoms with E-state index in [2.05, 4.69) is 0 Å². The van der Waals surface area contributed by atoms with Crippen LogP contribution in [0.2, 0.25) is 0 Å². The second-order valence-corrected chi connectivity index (χ2v) is 5.11. The van der Waals surface area contributed by atoms with Gasteiger partial charge in [0.2, 0.25) is 0 Å². The normalized spacial score (nSPS) is 15.9. The van der Waals surface area contributed by atoms with E-state index in [0.717, 1.165) is 12.1 Å². The number of halogens is 3. The first kappa shape index (κ1) is 11.2. The molecule has 0 amide bonds. The van der Waals surface area contributed by atoms with Crippen LogP contribution in [0.25, 0.3) is 0 Å². The van der Waals surface area contributed by atoms with E-state index in [9.17, 15) is 26.5 Å². The average Bonchev–Trinajstić information content (AvgIpc) is 2.03. The zero-order valence-electron chi connectivity index (χ0n) is 6.65. The van der Waals surface area contributed by atoms with Crippen LogP contribution in [0.3, 0.4) is 0 Å². The van der Waals surface area contributed by atoms with E-state index in [1.165, 1.54) is 6.07 Å². The van der Waals surface area contributed by atoms with E-state index in [0.29, 0.717) is 12.1 Å². The minimum absolute atomic E-state index is 0.613. The van der Waals surface area contributed by atoms with Crippen molar-refractivity contribution in [2.75, 3.05) is 0 Å². The highest BCUT2D eigenvalue weighted by Gasteiger charge is 2.44. The van der Waals surface area contributed by atoms with Crippen LogP contribution in [-0.2, 0) is 9.63 Å². The summed E-state index contributed by atoms with van der Waals surface area (Å²) in [7, 11) is -7.24. The molecule has 0 saturated heterocycles. The highest BCUT2D eigenvalue weighted by molar-refractivity contribution is 8.10. The van der Waals surface area contributed by atoms with Gasteiger partial charge < -0.3 is 9.11 Å². The molecule has 0 spiro atoms. The summed E-state index contributed by atoms with van der Waals surface area (Å²) in [5.74, 6) is 0. The molecule has 3 nitrogen and oxygen atoms in total. The van der Waals surface area contributed by atoms with Crippen molar-refractivity contribution in [1.29, 1.82) is 0 Å². The van der Waals surface area contributed by atoms with Crippen LogP contribution in [0.4, 0.5) is 13.2 Å². The summed E-state index contributed by atoms with van der Waals surface area (Å²) in [6.07, 6.45) is 0. The van der Waals surface area contributed by atoms with Gasteiger partial charge in [0.1, 0.15) is 0 Å². The fraction of sp³-hybridized carbons (Fsp3) is 0.143. The van der Waals surface area contributed by atoms with Crippen LogP contribution < -0.4 is 0 Å². The summed E-state index contributed by atoms with van der Waals surface area (Å²) in [5.41, 5.74) is -5.82. The number of benzene rings is 1. The van der Waals surface area contributed by atoms with Crippen molar-refractivity contribution in [3.63, 3.8) is 0 Å². The molecule has 0 aliphatic heterocycles. The summed E-state index contributed by atoms with van der Waals surface area (Å²) >= 11 is 0. The predicted octanol–water partition coefficient (Wildman–Crippen LogP) is 1.65. The van der Waals surface area contributed by atoms with E-state index >= 15 is 0 Å². The SMILES string of the molecule is O=S([O-])([O-])(c1ccccc1)C(F)(F)F. The minimum atomic E-state index is -7.24. The van der Waals surface area contributed by atoms with Gasteiger partial charge in [0.25, 0.3) is 0 Å². The van der Waals surface area contributed by atoms with E-state index in [1.807, 2.05) is 0 Å². The molecule has 14 heavy (non-hydrogen) atoms. The Hall–Kier alpha value is -0.920. The third-order valence-electron chi connectivity index (χ3n) is 1.55. The molecule has 1 aromatic carbocycles. The zero-order valence-corrected chi connectivity index (χ0v) is 7.47. The first-order valence-electron chi connectivity index (χ1n) is 3.39. The number of hydrogen-bond donors (Lipinski definition) is 0. The van der Waals surface area contributed by atoms with E-state index in [1.54, 1.807) is 0 Å². The molecule has 0 radical (unpaired) electrons. The number of rotatable bonds is 1. The van der Waals surface area contributed by atoms with Gasteiger partial charge in [-0.2, -0.15) is 13.2 Å². The van der Waals surface area contributed by atoms with Gasteiger partial charge in [-0.25, -0.2) is 0 Å². The van der Waals surface area contributed by atoms with E-state index < -0.39 is 20.0 Å². The van der Waals surface area contributed by atoms with Crippen molar-refractivity contribution in [1.82, 2.24) is 0 Å². The molecule has 0 atom stereocenters. The Bertz CT molecular complexity index is 392. The van der Waals surface area contributed by atoms with Gasteiger partial charge in [-0.05, 0) is 12.1 Å². The Morgan fingerprint density at radius 1 is 1.07 bits per heavy atom. The molecule has 0 N–H and O–H groups in total. The van der Waals surface area contributed by atoms with Gasteiger partial charge in [0.05, 0.1) is 0 Å². The minimum Gasteiger partial charge on any atom is -0.789 e. The van der Waals surface area contributed by atoms with Gasteiger partial charge in [-0.1, -0.05) is 18.2 Å². The second kappa shape index (κ2) is 2.78. The fourth-order valence-electron chi connectivity index (χ4n) is 0.789. The third kappa shape index (κ3) is 1.54. The van der Waals surface area contributed by atoms with Crippen LogP contribution in [-0.4, -0.2) is 18.8 Å². The largest absolute Gasteiger partial charge is 0.789 e. The van der Waals surface area contributed by atoms with Crippen LogP contribution in [0, 0.1) is 0 Å². The van der Waals surface area contributed by atoms with E-state index in [4.69, 9.17) is 0 Å². The molecular weight excluding hydrogens is 221 g/mol. The first-order chi connectivity index (χ1) is 6.14. The molecule has 0 unspecified atom stereocenters. The number of alkyl halides is 3. The van der Waals surface area contributed by atoms with Gasteiger partial charge in [0.15, 0.2) is 0 Å². The molecular formula is C7H5F3O3S-2. The third-order valence-corrected chi connectivity index (χ3v) is 3.43. The van der Waals surface area contributed by atoms with Crippen LogP contribution in [0.15, 0.2) is 35.2 Å². The highest BCUT2D eigenvalue weighted by Crippen LogP contribution is 2.44. The molecule has 0 aliphatic rings. The monoisotopic (exact) mass is 226 g/mol. The molecule has 0 aromatic heterocycles. The predicted molar refractivity (Wildman–Crippen MR) is 40.5 cm³/mol. The second-order valence-electron chi connectivity index (χ2n) is 2.56.